The van der Waals surface area contributed by atoms with Gasteiger partial charge in [0, 0.05) is 61.7 Å². The zero-order chi connectivity index (χ0) is 22.4. The molecule has 170 valence electrons. The molecule has 1 aliphatic heterocycles. The monoisotopic (exact) mass is 425 g/mol. The second-order valence-electron chi connectivity index (χ2n) is 9.73. The molecule has 2 aromatic heterocycles. The number of aromatic nitrogens is 3. The highest BCUT2D eigenvalue weighted by Crippen LogP contribution is 2.23. The Kier molecular flexibility index (Phi) is 7.87. The minimum atomic E-state index is -0.0423. The van der Waals surface area contributed by atoms with E-state index in [1.54, 1.807) is 6.07 Å². The molecule has 6 heteroatoms. The molecule has 0 radical (unpaired) electrons. The van der Waals surface area contributed by atoms with Gasteiger partial charge in [-0.1, -0.05) is 40.2 Å². The Hall–Kier alpha value is -2.21. The van der Waals surface area contributed by atoms with Crippen molar-refractivity contribution < 1.29 is 0 Å². The maximum Gasteiger partial charge on any atom is 0.250 e. The van der Waals surface area contributed by atoms with E-state index in [1.807, 2.05) is 23.6 Å². The highest BCUT2D eigenvalue weighted by atomic mass is 16.1. The van der Waals surface area contributed by atoms with Gasteiger partial charge in [-0.15, -0.1) is 0 Å². The summed E-state index contributed by atoms with van der Waals surface area (Å²) in [6.45, 7) is 16.8. The van der Waals surface area contributed by atoms with E-state index in [-0.39, 0.29) is 11.0 Å². The fourth-order valence-corrected chi connectivity index (χ4v) is 4.08. The minimum Gasteiger partial charge on any atom is -0.354 e. The summed E-state index contributed by atoms with van der Waals surface area (Å²) in [5.41, 5.74) is 2.27. The maximum atomic E-state index is 12.0. The van der Waals surface area contributed by atoms with E-state index < -0.39 is 0 Å². The first kappa shape index (κ1) is 23.5. The Morgan fingerprint density at radius 1 is 1.00 bits per heavy atom. The molecule has 2 aromatic rings. The standard InChI is InChI=1S/C25H39N5O/c1-6-10-21-19-22(27-24(26-21)25(3,4)5)29-17-15-28(16-18-29)13-7-8-14-30-20(2)11-9-12-23(30)31/h9,11-12,19H,6-8,10,13-18H2,1-5H3. The molecule has 31 heavy (non-hydrogen) atoms. The maximum absolute atomic E-state index is 12.0. The molecule has 0 unspecified atom stereocenters. The van der Waals surface area contributed by atoms with Crippen LogP contribution < -0.4 is 10.5 Å². The molecule has 0 bridgehead atoms. The summed E-state index contributed by atoms with van der Waals surface area (Å²) in [6, 6.07) is 7.68. The van der Waals surface area contributed by atoms with Gasteiger partial charge in [-0.05, 0) is 38.8 Å². The van der Waals surface area contributed by atoms with Crippen molar-refractivity contribution in [2.75, 3.05) is 37.6 Å². The third-order valence-corrected chi connectivity index (χ3v) is 6.01. The lowest BCUT2D eigenvalue weighted by Crippen LogP contribution is -2.47. The first-order chi connectivity index (χ1) is 14.8. The summed E-state index contributed by atoms with van der Waals surface area (Å²) < 4.78 is 1.88. The molecule has 6 nitrogen and oxygen atoms in total. The summed E-state index contributed by atoms with van der Waals surface area (Å²) in [5, 5.41) is 0. The lowest BCUT2D eigenvalue weighted by molar-refractivity contribution is 0.250. The highest BCUT2D eigenvalue weighted by molar-refractivity contribution is 5.41. The third kappa shape index (κ3) is 6.39. The summed E-state index contributed by atoms with van der Waals surface area (Å²) in [5.74, 6) is 2.03. The number of unbranched alkanes of at least 4 members (excludes halogenated alkanes) is 1. The molecule has 1 aliphatic rings. The van der Waals surface area contributed by atoms with E-state index in [9.17, 15) is 4.79 Å². The summed E-state index contributed by atoms with van der Waals surface area (Å²) in [7, 11) is 0. The van der Waals surface area contributed by atoms with E-state index in [1.165, 1.54) is 0 Å². The van der Waals surface area contributed by atoms with Crippen molar-refractivity contribution in [3.63, 3.8) is 0 Å². The van der Waals surface area contributed by atoms with E-state index >= 15 is 0 Å². The molecule has 3 rings (SSSR count). The van der Waals surface area contributed by atoms with Gasteiger partial charge < -0.3 is 9.47 Å². The Morgan fingerprint density at radius 2 is 1.71 bits per heavy atom. The van der Waals surface area contributed by atoms with E-state index in [0.717, 1.165) is 88.0 Å². The number of aryl methyl sites for hydroxylation is 2. The van der Waals surface area contributed by atoms with Crippen LogP contribution in [0.15, 0.2) is 29.1 Å². The van der Waals surface area contributed by atoms with Crippen molar-refractivity contribution in [2.45, 2.75) is 72.3 Å². The minimum absolute atomic E-state index is 0.0423. The summed E-state index contributed by atoms with van der Waals surface area (Å²) in [4.78, 5) is 26.7. The zero-order valence-corrected chi connectivity index (χ0v) is 20.0. The van der Waals surface area contributed by atoms with Crippen molar-refractivity contribution in [2.24, 2.45) is 0 Å². The molecule has 3 heterocycles. The Labute approximate surface area is 187 Å². The predicted molar refractivity (Wildman–Crippen MR) is 128 cm³/mol. The Balaban J connectivity index is 1.51. The van der Waals surface area contributed by atoms with Gasteiger partial charge in [0.25, 0.3) is 5.56 Å². The fraction of sp³-hybridized carbons (Fsp3) is 0.640. The molecular weight excluding hydrogens is 386 g/mol. The van der Waals surface area contributed by atoms with Crippen LogP contribution in [0.3, 0.4) is 0 Å². The second kappa shape index (κ2) is 10.4. The van der Waals surface area contributed by atoms with Crippen LogP contribution in [-0.2, 0) is 18.4 Å². The van der Waals surface area contributed by atoms with Crippen molar-refractivity contribution in [3.8, 4) is 0 Å². The molecule has 0 atom stereocenters. The van der Waals surface area contributed by atoms with Crippen LogP contribution in [0.5, 0.6) is 0 Å². The molecule has 0 spiro atoms. The summed E-state index contributed by atoms with van der Waals surface area (Å²) in [6.07, 6.45) is 4.25. The number of pyridine rings is 1. The molecule has 0 saturated carbocycles. The van der Waals surface area contributed by atoms with Gasteiger partial charge in [0.15, 0.2) is 0 Å². The largest absolute Gasteiger partial charge is 0.354 e. The van der Waals surface area contributed by atoms with Gasteiger partial charge in [0.05, 0.1) is 0 Å². The third-order valence-electron chi connectivity index (χ3n) is 6.01. The van der Waals surface area contributed by atoms with Crippen LogP contribution in [0, 0.1) is 6.92 Å². The normalized spacial score (nSPS) is 15.5. The van der Waals surface area contributed by atoms with Crippen LogP contribution in [0.2, 0.25) is 0 Å². The SMILES string of the molecule is CCCc1cc(N2CCN(CCCCn3c(C)cccc3=O)CC2)nc(C(C)(C)C)n1. The average Bonchev–Trinajstić information content (AvgIpc) is 2.73. The molecule has 0 aliphatic carbocycles. The van der Waals surface area contributed by atoms with E-state index in [4.69, 9.17) is 9.97 Å². The van der Waals surface area contributed by atoms with Gasteiger partial charge in [0.1, 0.15) is 11.6 Å². The number of anilines is 1. The number of nitrogens with zero attached hydrogens (tertiary/aromatic N) is 5. The van der Waals surface area contributed by atoms with Crippen LogP contribution >= 0.6 is 0 Å². The fourth-order valence-electron chi connectivity index (χ4n) is 4.08. The van der Waals surface area contributed by atoms with Gasteiger partial charge >= 0.3 is 0 Å². The van der Waals surface area contributed by atoms with E-state index in [2.05, 4.69) is 43.6 Å². The topological polar surface area (TPSA) is 54.3 Å². The van der Waals surface area contributed by atoms with Gasteiger partial charge in [-0.3, -0.25) is 9.69 Å². The molecule has 0 N–H and O–H groups in total. The van der Waals surface area contributed by atoms with Gasteiger partial charge in [-0.25, -0.2) is 9.97 Å². The Bertz CT molecular complexity index is 907. The molecule has 0 amide bonds. The number of hydrogen-bond acceptors (Lipinski definition) is 5. The molecule has 0 aromatic carbocycles. The number of rotatable bonds is 8. The first-order valence-electron chi connectivity index (χ1n) is 11.8. The van der Waals surface area contributed by atoms with Crippen LogP contribution in [-0.4, -0.2) is 52.2 Å². The van der Waals surface area contributed by atoms with Crippen LogP contribution in [0.25, 0.3) is 0 Å². The Morgan fingerprint density at radius 3 is 2.35 bits per heavy atom. The lowest BCUT2D eigenvalue weighted by Gasteiger charge is -2.36. The predicted octanol–water partition coefficient (Wildman–Crippen LogP) is 3.80. The van der Waals surface area contributed by atoms with Crippen LogP contribution in [0.4, 0.5) is 5.82 Å². The molecular formula is C25H39N5O. The molecule has 1 saturated heterocycles. The van der Waals surface area contributed by atoms with E-state index in [0.29, 0.717) is 0 Å². The zero-order valence-electron chi connectivity index (χ0n) is 20.0. The van der Waals surface area contributed by atoms with Crippen molar-refractivity contribution in [1.29, 1.82) is 0 Å². The van der Waals surface area contributed by atoms with Gasteiger partial charge in [-0.2, -0.15) is 0 Å². The second-order valence-corrected chi connectivity index (χ2v) is 9.73. The first-order valence-corrected chi connectivity index (χ1v) is 11.8. The quantitative estimate of drug-likeness (QED) is 0.602. The van der Waals surface area contributed by atoms with Crippen molar-refractivity contribution >= 4 is 5.82 Å². The average molecular weight is 426 g/mol. The lowest BCUT2D eigenvalue weighted by atomic mass is 9.95. The van der Waals surface area contributed by atoms with Crippen LogP contribution in [0.1, 0.15) is 64.2 Å². The molecule has 1 fully saturated rings. The van der Waals surface area contributed by atoms with Gasteiger partial charge in [0.2, 0.25) is 0 Å². The van der Waals surface area contributed by atoms with Crippen molar-refractivity contribution in [1.82, 2.24) is 19.4 Å². The smallest absolute Gasteiger partial charge is 0.250 e. The summed E-state index contributed by atoms with van der Waals surface area (Å²) >= 11 is 0. The number of hydrogen-bond donors (Lipinski definition) is 0. The highest BCUT2D eigenvalue weighted by Gasteiger charge is 2.23. The number of piperazine rings is 1. The van der Waals surface area contributed by atoms with Crippen molar-refractivity contribution in [3.05, 3.63) is 51.8 Å².